The highest BCUT2D eigenvalue weighted by Gasteiger charge is 2.34. The molecular weight excluding hydrogens is 468 g/mol. The summed E-state index contributed by atoms with van der Waals surface area (Å²) in [4.78, 5) is 17.0. The predicted molar refractivity (Wildman–Crippen MR) is 120 cm³/mol. The molecule has 1 N–H and O–H groups in total. The van der Waals surface area contributed by atoms with Gasteiger partial charge in [0.15, 0.2) is 11.5 Å². The van der Waals surface area contributed by atoms with E-state index in [1.54, 1.807) is 36.6 Å². The second kappa shape index (κ2) is 8.76. The summed E-state index contributed by atoms with van der Waals surface area (Å²) in [6.45, 7) is 3.10. The summed E-state index contributed by atoms with van der Waals surface area (Å²) >= 11 is 1.10. The van der Waals surface area contributed by atoms with Crippen LogP contribution < -0.4 is 14.8 Å². The first kappa shape index (κ1) is 21.9. The Morgan fingerprint density at radius 1 is 1.21 bits per heavy atom. The summed E-state index contributed by atoms with van der Waals surface area (Å²) in [6.07, 6.45) is 1.21. The maximum absolute atomic E-state index is 13.2. The average Bonchev–Trinajstić information content (AvgIpc) is 3.49. The number of fused-ring (bicyclic) bond motifs is 1. The van der Waals surface area contributed by atoms with Gasteiger partial charge in [0.05, 0.1) is 5.92 Å². The van der Waals surface area contributed by atoms with Gasteiger partial charge < -0.3 is 19.3 Å². The van der Waals surface area contributed by atoms with Gasteiger partial charge in [0.2, 0.25) is 17.6 Å². The topological polar surface area (TPSA) is 124 Å². The molecular formula is C21H22N4O6S2. The highest BCUT2D eigenvalue weighted by Crippen LogP contribution is 2.34. The molecule has 5 rings (SSSR count). The number of sulfonamides is 1. The fourth-order valence-electron chi connectivity index (χ4n) is 3.85. The number of rotatable bonds is 5. The number of nitrogens with one attached hydrogen (secondary N) is 1. The van der Waals surface area contributed by atoms with Gasteiger partial charge in [-0.25, -0.2) is 8.42 Å². The van der Waals surface area contributed by atoms with Gasteiger partial charge in [-0.05, 0) is 31.0 Å². The quantitative estimate of drug-likeness (QED) is 0.579. The van der Waals surface area contributed by atoms with Crippen molar-refractivity contribution in [2.24, 2.45) is 5.92 Å². The second-order valence-corrected chi connectivity index (χ2v) is 10.9. The number of hydrogen-bond acceptors (Lipinski definition) is 9. The lowest BCUT2D eigenvalue weighted by Gasteiger charge is -2.30. The minimum Gasteiger partial charge on any atom is -0.486 e. The van der Waals surface area contributed by atoms with Crippen molar-refractivity contribution in [1.29, 1.82) is 0 Å². The Kier molecular flexibility index (Phi) is 5.81. The van der Waals surface area contributed by atoms with Crippen molar-refractivity contribution in [2.75, 3.05) is 31.6 Å². The number of carbonyl (C=O) groups excluding carboxylic acids is 1. The first-order valence-electron chi connectivity index (χ1n) is 10.5. The lowest BCUT2D eigenvalue weighted by Crippen LogP contribution is -2.43. The molecule has 1 aromatic carbocycles. The Morgan fingerprint density at radius 2 is 2.03 bits per heavy atom. The summed E-state index contributed by atoms with van der Waals surface area (Å²) in [6, 6.07) is 6.76. The van der Waals surface area contributed by atoms with Crippen LogP contribution in [0.15, 0.2) is 38.4 Å². The molecule has 1 saturated heterocycles. The van der Waals surface area contributed by atoms with Gasteiger partial charge in [0.1, 0.15) is 17.4 Å². The van der Waals surface area contributed by atoms with E-state index in [1.165, 1.54) is 4.31 Å². The number of nitrogens with zero attached hydrogens (tertiary/aromatic N) is 3. The van der Waals surface area contributed by atoms with E-state index in [4.69, 9.17) is 14.0 Å². The molecule has 10 nitrogen and oxygen atoms in total. The Morgan fingerprint density at radius 3 is 2.82 bits per heavy atom. The van der Waals surface area contributed by atoms with Crippen molar-refractivity contribution in [3.8, 4) is 22.9 Å². The zero-order valence-electron chi connectivity index (χ0n) is 17.8. The molecule has 1 amide bonds. The summed E-state index contributed by atoms with van der Waals surface area (Å²) in [5.41, 5.74) is 1.17. The van der Waals surface area contributed by atoms with Gasteiger partial charge in [-0.3, -0.25) is 4.79 Å². The van der Waals surface area contributed by atoms with E-state index in [0.717, 1.165) is 11.3 Å². The maximum Gasteiger partial charge on any atom is 0.252 e. The minimum atomic E-state index is -3.74. The summed E-state index contributed by atoms with van der Waals surface area (Å²) in [5.74, 6) is 1.29. The summed E-state index contributed by atoms with van der Waals surface area (Å²) in [5, 5.41) is 8.41. The number of hydrogen-bond donors (Lipinski definition) is 1. The van der Waals surface area contributed by atoms with Crippen molar-refractivity contribution in [3.05, 3.63) is 35.5 Å². The van der Waals surface area contributed by atoms with Crippen LogP contribution in [0.1, 0.15) is 18.7 Å². The number of thiophene rings is 1. The molecule has 0 spiro atoms. The van der Waals surface area contributed by atoms with Crippen molar-refractivity contribution < 1.29 is 27.2 Å². The van der Waals surface area contributed by atoms with Crippen LogP contribution in [-0.4, -0.2) is 55.1 Å². The molecule has 4 heterocycles. The second-order valence-electron chi connectivity index (χ2n) is 7.84. The van der Waals surface area contributed by atoms with Crippen LogP contribution in [0.2, 0.25) is 0 Å². The number of amides is 1. The van der Waals surface area contributed by atoms with Gasteiger partial charge in [0.25, 0.3) is 10.0 Å². The lowest BCUT2D eigenvalue weighted by molar-refractivity contribution is -0.120. The predicted octanol–water partition coefficient (Wildman–Crippen LogP) is 2.92. The van der Waals surface area contributed by atoms with Crippen LogP contribution in [-0.2, 0) is 14.8 Å². The standard InChI is InChI=1S/C21H22N4O6S2/c1-13-22-20(24-31-13)15-9-19(32-12-15)33(27,28)25-6-2-3-14(11-25)21(26)23-16-4-5-17-18(10-16)30-8-7-29-17/h4-5,9-10,12,14H,2-3,6-8,11H2,1H3,(H,23,26). The van der Waals surface area contributed by atoms with Crippen LogP contribution in [0.3, 0.4) is 0 Å². The highest BCUT2D eigenvalue weighted by atomic mass is 32.2. The van der Waals surface area contributed by atoms with E-state index in [0.29, 0.717) is 67.1 Å². The molecule has 174 valence electrons. The summed E-state index contributed by atoms with van der Waals surface area (Å²) < 4.78 is 44.1. The number of aromatic nitrogens is 2. The molecule has 0 bridgehead atoms. The summed E-state index contributed by atoms with van der Waals surface area (Å²) in [7, 11) is -3.74. The smallest absolute Gasteiger partial charge is 0.252 e. The first-order valence-corrected chi connectivity index (χ1v) is 12.8. The van der Waals surface area contributed by atoms with Crippen LogP contribution in [0.25, 0.3) is 11.4 Å². The van der Waals surface area contributed by atoms with Crippen molar-refractivity contribution >= 4 is 33.0 Å². The van der Waals surface area contributed by atoms with E-state index in [1.807, 2.05) is 0 Å². The van der Waals surface area contributed by atoms with E-state index in [9.17, 15) is 13.2 Å². The normalized spacial score (nSPS) is 18.8. The third-order valence-corrected chi connectivity index (χ3v) is 8.80. The third kappa shape index (κ3) is 4.45. The SMILES string of the molecule is Cc1nc(-c2csc(S(=O)(=O)N3CCCC(C(=O)Nc4ccc5c(c4)OCCO5)C3)c2)no1. The Bertz CT molecular complexity index is 1290. The number of carbonyl (C=O) groups is 1. The van der Waals surface area contributed by atoms with Crippen LogP contribution in [0.4, 0.5) is 5.69 Å². The monoisotopic (exact) mass is 490 g/mol. The number of ether oxygens (including phenoxy) is 2. The lowest BCUT2D eigenvalue weighted by atomic mass is 9.98. The maximum atomic E-state index is 13.2. The fraction of sp³-hybridized carbons (Fsp3) is 0.381. The molecule has 2 aromatic heterocycles. The van der Waals surface area contributed by atoms with Crippen molar-refractivity contribution in [2.45, 2.75) is 24.0 Å². The number of piperidine rings is 1. The minimum absolute atomic E-state index is 0.118. The largest absolute Gasteiger partial charge is 0.486 e. The van der Waals surface area contributed by atoms with E-state index in [-0.39, 0.29) is 16.7 Å². The zero-order chi connectivity index (χ0) is 23.0. The number of aryl methyl sites for hydroxylation is 1. The highest BCUT2D eigenvalue weighted by molar-refractivity contribution is 7.91. The first-order chi connectivity index (χ1) is 15.9. The van der Waals surface area contributed by atoms with E-state index in [2.05, 4.69) is 15.5 Å². The molecule has 0 aliphatic carbocycles. The Balaban J connectivity index is 1.28. The van der Waals surface area contributed by atoms with Gasteiger partial charge >= 0.3 is 0 Å². The average molecular weight is 491 g/mol. The van der Waals surface area contributed by atoms with Crippen LogP contribution in [0, 0.1) is 12.8 Å². The zero-order valence-corrected chi connectivity index (χ0v) is 19.4. The van der Waals surface area contributed by atoms with Crippen molar-refractivity contribution in [1.82, 2.24) is 14.4 Å². The Labute approximate surface area is 194 Å². The molecule has 3 aromatic rings. The van der Waals surface area contributed by atoms with Gasteiger partial charge in [0, 0.05) is 42.7 Å². The van der Waals surface area contributed by atoms with Crippen LogP contribution >= 0.6 is 11.3 Å². The van der Waals surface area contributed by atoms with E-state index < -0.39 is 15.9 Å². The van der Waals surface area contributed by atoms with Crippen LogP contribution in [0.5, 0.6) is 11.5 Å². The molecule has 2 aliphatic rings. The third-order valence-electron chi connectivity index (χ3n) is 5.52. The molecule has 1 unspecified atom stereocenters. The molecule has 2 aliphatic heterocycles. The van der Waals surface area contributed by atoms with Crippen molar-refractivity contribution in [3.63, 3.8) is 0 Å². The molecule has 0 radical (unpaired) electrons. The molecule has 1 atom stereocenters. The Hall–Kier alpha value is -2.96. The molecule has 33 heavy (non-hydrogen) atoms. The molecule has 0 saturated carbocycles. The number of benzene rings is 1. The molecule has 12 heteroatoms. The molecule has 1 fully saturated rings. The van der Waals surface area contributed by atoms with Gasteiger partial charge in [-0.2, -0.15) is 9.29 Å². The van der Waals surface area contributed by atoms with Gasteiger partial charge in [-0.1, -0.05) is 5.16 Å². The van der Waals surface area contributed by atoms with Gasteiger partial charge in [-0.15, -0.1) is 11.3 Å². The fourth-order valence-corrected chi connectivity index (χ4v) is 6.69. The number of anilines is 1. The van der Waals surface area contributed by atoms with E-state index >= 15 is 0 Å².